The fraction of sp³-hybridized carbons (Fsp3) is 0.467. The summed E-state index contributed by atoms with van der Waals surface area (Å²) in [5.74, 6) is 0.896. The van der Waals surface area contributed by atoms with Gasteiger partial charge in [0.05, 0.1) is 12.6 Å². The lowest BCUT2D eigenvalue weighted by molar-refractivity contribution is 0.418. The highest BCUT2D eigenvalue weighted by atomic mass is 16.5. The van der Waals surface area contributed by atoms with Gasteiger partial charge < -0.3 is 15.5 Å². The third-order valence-electron chi connectivity index (χ3n) is 3.61. The predicted molar refractivity (Wildman–Crippen MR) is 76.4 cm³/mol. The van der Waals surface area contributed by atoms with E-state index in [9.17, 15) is 0 Å². The maximum atomic E-state index is 5.92. The summed E-state index contributed by atoms with van der Waals surface area (Å²) in [7, 11) is 1.71. The summed E-state index contributed by atoms with van der Waals surface area (Å²) in [6, 6.07) is 4.26. The number of methoxy groups -OCH3 is 1. The zero-order chi connectivity index (χ0) is 13.5. The summed E-state index contributed by atoms with van der Waals surface area (Å²) in [6.07, 6.45) is 0. The Hall–Kier alpha value is -1.48. The topological polar surface area (TPSA) is 51.0 Å². The number of hydrogen-bond donors (Lipinski definition) is 2. The van der Waals surface area contributed by atoms with Crippen molar-refractivity contribution in [2.24, 2.45) is 5.73 Å². The third-order valence-corrected chi connectivity index (χ3v) is 3.61. The van der Waals surface area contributed by atoms with Gasteiger partial charge in [-0.25, -0.2) is 0 Å². The highest BCUT2D eigenvalue weighted by molar-refractivity contribution is 5.91. The maximum absolute atomic E-state index is 5.92. The molecule has 0 aliphatic carbocycles. The van der Waals surface area contributed by atoms with Crippen LogP contribution < -0.4 is 10.5 Å². The average molecular weight is 246 g/mol. The van der Waals surface area contributed by atoms with Crippen LogP contribution >= 0.6 is 0 Å². The molecule has 3 heteroatoms. The number of hydrogen-bond acceptors (Lipinski definition) is 2. The molecule has 0 unspecified atom stereocenters. The van der Waals surface area contributed by atoms with Crippen LogP contribution in [0.5, 0.6) is 5.75 Å². The molecule has 18 heavy (non-hydrogen) atoms. The lowest BCUT2D eigenvalue weighted by Crippen LogP contribution is -2.28. The average Bonchev–Trinajstić information content (AvgIpc) is 2.64. The molecule has 0 aliphatic heterocycles. The van der Waals surface area contributed by atoms with Crippen molar-refractivity contribution in [3.8, 4) is 5.75 Å². The Labute approximate surface area is 108 Å². The van der Waals surface area contributed by atoms with Crippen molar-refractivity contribution < 1.29 is 4.74 Å². The van der Waals surface area contributed by atoms with Crippen LogP contribution in [0.15, 0.2) is 12.1 Å². The van der Waals surface area contributed by atoms with Crippen LogP contribution in [-0.2, 0) is 5.41 Å². The fourth-order valence-electron chi connectivity index (χ4n) is 2.67. The number of aromatic nitrogens is 1. The molecular weight excluding hydrogens is 224 g/mol. The molecule has 2 aromatic rings. The van der Waals surface area contributed by atoms with Gasteiger partial charge in [-0.1, -0.05) is 13.8 Å². The van der Waals surface area contributed by atoms with E-state index in [1.54, 1.807) is 7.11 Å². The van der Waals surface area contributed by atoms with Gasteiger partial charge in [-0.05, 0) is 37.1 Å². The van der Waals surface area contributed by atoms with Gasteiger partial charge in [-0.3, -0.25) is 0 Å². The van der Waals surface area contributed by atoms with E-state index >= 15 is 0 Å². The number of ether oxygens (including phenoxy) is 1. The first kappa shape index (κ1) is 13.0. The van der Waals surface area contributed by atoms with E-state index in [2.05, 4.69) is 44.8 Å². The minimum Gasteiger partial charge on any atom is -0.495 e. The minimum atomic E-state index is -0.0405. The summed E-state index contributed by atoms with van der Waals surface area (Å²) in [4.78, 5) is 3.43. The monoisotopic (exact) mass is 246 g/mol. The molecular formula is C15H22N2O. The van der Waals surface area contributed by atoms with Gasteiger partial charge in [0.15, 0.2) is 0 Å². The second-order valence-electron chi connectivity index (χ2n) is 5.60. The van der Waals surface area contributed by atoms with Gasteiger partial charge >= 0.3 is 0 Å². The quantitative estimate of drug-likeness (QED) is 0.874. The Morgan fingerprint density at radius 2 is 1.94 bits per heavy atom. The molecule has 0 aliphatic rings. The Morgan fingerprint density at radius 1 is 1.28 bits per heavy atom. The second-order valence-corrected chi connectivity index (χ2v) is 5.60. The summed E-state index contributed by atoms with van der Waals surface area (Å²) in [6.45, 7) is 9.16. The SMILES string of the molecule is COc1cc(C)cc2c(C(C)(C)CN)c(C)[nH]c12. The molecule has 3 N–H and O–H groups in total. The molecule has 0 atom stereocenters. The highest BCUT2D eigenvalue weighted by Gasteiger charge is 2.26. The molecule has 0 saturated heterocycles. The van der Waals surface area contributed by atoms with Crippen LogP contribution in [0.4, 0.5) is 0 Å². The molecule has 1 aromatic heterocycles. The number of fused-ring (bicyclic) bond motifs is 1. The number of aromatic amines is 1. The maximum Gasteiger partial charge on any atom is 0.143 e. The summed E-state index contributed by atoms with van der Waals surface area (Å²) >= 11 is 0. The van der Waals surface area contributed by atoms with Crippen LogP contribution in [0.1, 0.15) is 30.7 Å². The molecule has 0 bridgehead atoms. The van der Waals surface area contributed by atoms with Crippen molar-refractivity contribution in [3.63, 3.8) is 0 Å². The van der Waals surface area contributed by atoms with Crippen LogP contribution in [0.2, 0.25) is 0 Å². The van der Waals surface area contributed by atoms with Crippen LogP contribution in [0.3, 0.4) is 0 Å². The molecule has 0 fully saturated rings. The molecule has 0 amide bonds. The smallest absolute Gasteiger partial charge is 0.143 e. The molecule has 1 heterocycles. The van der Waals surface area contributed by atoms with Gasteiger partial charge in [-0.2, -0.15) is 0 Å². The summed E-state index contributed by atoms with van der Waals surface area (Å²) < 4.78 is 5.46. The van der Waals surface area contributed by atoms with Gasteiger partial charge in [0.2, 0.25) is 0 Å². The second kappa shape index (κ2) is 4.32. The van der Waals surface area contributed by atoms with Gasteiger partial charge in [0, 0.05) is 23.0 Å². The van der Waals surface area contributed by atoms with E-state index in [-0.39, 0.29) is 5.41 Å². The Morgan fingerprint density at radius 3 is 2.50 bits per heavy atom. The molecule has 2 rings (SSSR count). The van der Waals surface area contributed by atoms with E-state index < -0.39 is 0 Å². The molecule has 1 aromatic carbocycles. The largest absolute Gasteiger partial charge is 0.495 e. The van der Waals surface area contributed by atoms with E-state index in [1.165, 1.54) is 22.2 Å². The zero-order valence-corrected chi connectivity index (χ0v) is 11.8. The summed E-state index contributed by atoms with van der Waals surface area (Å²) in [5, 5.41) is 1.22. The number of benzene rings is 1. The van der Waals surface area contributed by atoms with Gasteiger partial charge in [0.1, 0.15) is 5.75 Å². The van der Waals surface area contributed by atoms with Crippen molar-refractivity contribution >= 4 is 10.9 Å². The van der Waals surface area contributed by atoms with Crippen molar-refractivity contribution in [1.82, 2.24) is 4.98 Å². The molecule has 0 saturated carbocycles. The van der Waals surface area contributed by atoms with E-state index in [0.29, 0.717) is 6.54 Å². The lowest BCUT2D eigenvalue weighted by Gasteiger charge is -2.23. The summed E-state index contributed by atoms with van der Waals surface area (Å²) in [5.41, 5.74) is 10.6. The highest BCUT2D eigenvalue weighted by Crippen LogP contribution is 2.37. The van der Waals surface area contributed by atoms with Gasteiger partial charge in [-0.15, -0.1) is 0 Å². The van der Waals surface area contributed by atoms with Crippen LogP contribution in [0.25, 0.3) is 10.9 Å². The van der Waals surface area contributed by atoms with E-state index in [0.717, 1.165) is 11.3 Å². The number of nitrogens with one attached hydrogen (secondary N) is 1. The van der Waals surface area contributed by atoms with Crippen molar-refractivity contribution in [2.75, 3.05) is 13.7 Å². The first-order chi connectivity index (χ1) is 8.40. The first-order valence-electron chi connectivity index (χ1n) is 6.28. The third kappa shape index (κ3) is 1.89. The van der Waals surface area contributed by atoms with Crippen molar-refractivity contribution in [2.45, 2.75) is 33.1 Å². The van der Waals surface area contributed by atoms with Crippen molar-refractivity contribution in [1.29, 1.82) is 0 Å². The van der Waals surface area contributed by atoms with E-state index in [1.807, 2.05) is 0 Å². The standard InChI is InChI=1S/C15H22N2O/c1-9-6-11-13(15(3,4)8-16)10(2)17-14(11)12(7-9)18-5/h6-7,17H,8,16H2,1-5H3. The molecule has 0 spiro atoms. The molecule has 98 valence electrons. The first-order valence-corrected chi connectivity index (χ1v) is 6.28. The van der Waals surface area contributed by atoms with Crippen molar-refractivity contribution in [3.05, 3.63) is 29.0 Å². The zero-order valence-electron chi connectivity index (χ0n) is 11.8. The normalized spacial score (nSPS) is 12.1. The molecule has 3 nitrogen and oxygen atoms in total. The van der Waals surface area contributed by atoms with Gasteiger partial charge in [0.25, 0.3) is 0 Å². The number of rotatable bonds is 3. The Bertz CT molecular complexity index is 582. The predicted octanol–water partition coefficient (Wildman–Crippen LogP) is 3.03. The minimum absolute atomic E-state index is 0.0405. The Balaban J connectivity index is 2.83. The fourth-order valence-corrected chi connectivity index (χ4v) is 2.67. The number of nitrogens with two attached hydrogens (primary N) is 1. The van der Waals surface area contributed by atoms with Crippen LogP contribution in [-0.4, -0.2) is 18.6 Å². The van der Waals surface area contributed by atoms with E-state index in [4.69, 9.17) is 10.5 Å². The number of aryl methyl sites for hydroxylation is 2. The van der Waals surface area contributed by atoms with Crippen LogP contribution in [0, 0.1) is 13.8 Å². The number of H-pyrrole nitrogens is 1. The lowest BCUT2D eigenvalue weighted by atomic mass is 9.82. The molecule has 0 radical (unpaired) electrons. The Kier molecular flexibility index (Phi) is 3.11.